The molecule has 49 heavy (non-hydrogen) atoms. The number of rotatable bonds is 4. The van der Waals surface area contributed by atoms with Gasteiger partial charge in [-0.05, 0) is 100 Å². The van der Waals surface area contributed by atoms with Gasteiger partial charge in [0.25, 0.3) is 0 Å². The molecule has 0 amide bonds. The maximum Gasteiger partial charge on any atom is 0.0586 e. The van der Waals surface area contributed by atoms with E-state index in [4.69, 9.17) is 0 Å². The van der Waals surface area contributed by atoms with Crippen LogP contribution in [0.5, 0.6) is 0 Å². The summed E-state index contributed by atoms with van der Waals surface area (Å²) < 4.78 is 0. The van der Waals surface area contributed by atoms with Crippen molar-refractivity contribution in [3.63, 3.8) is 0 Å². The van der Waals surface area contributed by atoms with E-state index in [9.17, 15) is 0 Å². The molecule has 3 aromatic rings. The van der Waals surface area contributed by atoms with Crippen LogP contribution in [0.1, 0.15) is 84.6 Å². The van der Waals surface area contributed by atoms with E-state index in [0.29, 0.717) is 35.8 Å². The van der Waals surface area contributed by atoms with E-state index in [0.717, 1.165) is 18.8 Å². The molecular formula is C48H45N. The second kappa shape index (κ2) is 12.1. The number of hydrogen-bond donors (Lipinski definition) is 0. The van der Waals surface area contributed by atoms with Gasteiger partial charge in [-0.3, -0.25) is 0 Å². The zero-order chi connectivity index (χ0) is 32.3. The van der Waals surface area contributed by atoms with Crippen LogP contribution < -0.4 is 4.90 Å². The minimum absolute atomic E-state index is 0.345. The summed E-state index contributed by atoms with van der Waals surface area (Å²) in [6.07, 6.45) is 38.0. The number of anilines is 1. The molecule has 6 atom stereocenters. The fraction of sp³-hybridized carbons (Fsp3) is 0.292. The average Bonchev–Trinajstić information content (AvgIpc) is 3.52. The molecule has 6 aliphatic carbocycles. The predicted octanol–water partition coefficient (Wildman–Crippen LogP) is 11.8. The Morgan fingerprint density at radius 3 is 2.33 bits per heavy atom. The maximum atomic E-state index is 2.79. The van der Waals surface area contributed by atoms with Gasteiger partial charge in [0.15, 0.2) is 0 Å². The van der Waals surface area contributed by atoms with Crippen LogP contribution in [-0.4, -0.2) is 12.1 Å². The van der Waals surface area contributed by atoms with Crippen LogP contribution in [0, 0.1) is 17.8 Å². The molecule has 242 valence electrons. The second-order valence-corrected chi connectivity index (χ2v) is 15.4. The molecule has 0 N–H and O–H groups in total. The van der Waals surface area contributed by atoms with Crippen molar-refractivity contribution < 1.29 is 0 Å². The monoisotopic (exact) mass is 635 g/mol. The molecule has 7 aliphatic rings. The van der Waals surface area contributed by atoms with Crippen LogP contribution in [0.25, 0.3) is 16.7 Å². The van der Waals surface area contributed by atoms with Gasteiger partial charge < -0.3 is 4.90 Å². The molecule has 1 nitrogen and oxygen atoms in total. The number of benzene rings is 3. The van der Waals surface area contributed by atoms with Crippen LogP contribution in [-0.2, 0) is 0 Å². The summed E-state index contributed by atoms with van der Waals surface area (Å²) in [4.78, 5) is 2.79. The largest absolute Gasteiger partial charge is 0.357 e. The Kier molecular flexibility index (Phi) is 7.21. The molecule has 0 radical (unpaired) electrons. The molecule has 1 aliphatic heterocycles. The SMILES string of the molecule is C1=CC2c3cc(C4=CC=C5c6ccccc6[C@@H]6C=CC=CC6C5C4)ccc3N(C3C=C(c4ccccc4)C=C(C4CCCCC4)C3)C2C=C1. The van der Waals surface area contributed by atoms with Gasteiger partial charge in [-0.25, -0.2) is 0 Å². The van der Waals surface area contributed by atoms with E-state index in [-0.39, 0.29) is 0 Å². The van der Waals surface area contributed by atoms with Crippen molar-refractivity contribution in [1.29, 1.82) is 0 Å². The summed E-state index contributed by atoms with van der Waals surface area (Å²) in [7, 11) is 0. The zero-order valence-corrected chi connectivity index (χ0v) is 28.3. The van der Waals surface area contributed by atoms with Gasteiger partial charge in [0.1, 0.15) is 0 Å². The molecule has 5 unspecified atom stereocenters. The Balaban J connectivity index is 1.02. The van der Waals surface area contributed by atoms with Crippen molar-refractivity contribution in [1.82, 2.24) is 0 Å². The lowest BCUT2D eigenvalue weighted by Crippen LogP contribution is -2.42. The summed E-state index contributed by atoms with van der Waals surface area (Å²) in [5.74, 6) is 2.59. The number of fused-ring (bicyclic) bond motifs is 9. The van der Waals surface area contributed by atoms with Crippen LogP contribution >= 0.6 is 0 Å². The Hall–Kier alpha value is -4.62. The molecule has 10 rings (SSSR count). The highest BCUT2D eigenvalue weighted by Gasteiger charge is 2.42. The van der Waals surface area contributed by atoms with Gasteiger partial charge in [0.2, 0.25) is 0 Å². The van der Waals surface area contributed by atoms with Crippen molar-refractivity contribution in [2.24, 2.45) is 17.8 Å². The fourth-order valence-corrected chi connectivity index (χ4v) is 10.5. The molecule has 3 aromatic carbocycles. The average molecular weight is 636 g/mol. The van der Waals surface area contributed by atoms with Gasteiger partial charge in [-0.2, -0.15) is 0 Å². The second-order valence-electron chi connectivity index (χ2n) is 15.4. The minimum atomic E-state index is 0.345. The van der Waals surface area contributed by atoms with E-state index in [1.165, 1.54) is 82.3 Å². The molecule has 0 saturated heterocycles. The van der Waals surface area contributed by atoms with Gasteiger partial charge in [-0.15, -0.1) is 0 Å². The number of allylic oxidation sites excluding steroid dienone is 12. The third kappa shape index (κ3) is 4.96. The normalized spacial score (nSPS) is 29.5. The van der Waals surface area contributed by atoms with Gasteiger partial charge in [-0.1, -0.05) is 158 Å². The van der Waals surface area contributed by atoms with Crippen molar-refractivity contribution in [2.75, 3.05) is 4.90 Å². The molecule has 1 fully saturated rings. The molecule has 1 saturated carbocycles. The van der Waals surface area contributed by atoms with Gasteiger partial charge >= 0.3 is 0 Å². The Bertz CT molecular complexity index is 2040. The van der Waals surface area contributed by atoms with Gasteiger partial charge in [0.05, 0.1) is 12.1 Å². The van der Waals surface area contributed by atoms with E-state index in [1.54, 1.807) is 5.57 Å². The first-order chi connectivity index (χ1) is 24.3. The van der Waals surface area contributed by atoms with Crippen LogP contribution in [0.4, 0.5) is 5.69 Å². The third-order valence-electron chi connectivity index (χ3n) is 12.8. The molecular weight excluding hydrogens is 591 g/mol. The van der Waals surface area contributed by atoms with E-state index >= 15 is 0 Å². The van der Waals surface area contributed by atoms with Gasteiger partial charge in [0, 0.05) is 17.5 Å². The standard InChI is InChI=1S/C48H45N/c1-3-13-32(14-4-1)36-27-37(33-15-5-2-6-16-33)29-38(28-36)49-47-22-12-11-21-44(47)46-31-35(24-26-48(46)49)34-23-25-43-41-19-8-7-17-39(41)40-18-9-10-20-42(40)45(43)30-34/h1,3-4,7-14,17-28,31,33,38,40,42,44-45,47H,2,5-6,15-16,29-30H2/t38?,40-,42?,44?,45?,47?/m0/s1. The summed E-state index contributed by atoms with van der Waals surface area (Å²) in [5, 5.41) is 0. The summed E-state index contributed by atoms with van der Waals surface area (Å²) in [6, 6.07) is 28.4. The van der Waals surface area contributed by atoms with Crippen molar-refractivity contribution in [2.45, 2.75) is 68.9 Å². The Morgan fingerprint density at radius 1 is 0.633 bits per heavy atom. The quantitative estimate of drug-likeness (QED) is 0.276. The minimum Gasteiger partial charge on any atom is -0.357 e. The van der Waals surface area contributed by atoms with Crippen LogP contribution in [0.15, 0.2) is 151 Å². The first-order valence-corrected chi connectivity index (χ1v) is 18.9. The number of nitrogens with zero attached hydrogens (tertiary/aromatic N) is 1. The fourth-order valence-electron chi connectivity index (χ4n) is 10.5. The Morgan fingerprint density at radius 2 is 1.43 bits per heavy atom. The van der Waals surface area contributed by atoms with Crippen LogP contribution in [0.3, 0.4) is 0 Å². The first kappa shape index (κ1) is 29.3. The molecule has 0 spiro atoms. The molecule has 1 heterocycles. The lowest BCUT2D eigenvalue weighted by atomic mass is 9.62. The number of hydrogen-bond acceptors (Lipinski definition) is 1. The summed E-state index contributed by atoms with van der Waals surface area (Å²) >= 11 is 0. The van der Waals surface area contributed by atoms with Crippen molar-refractivity contribution in [3.05, 3.63) is 179 Å². The predicted molar refractivity (Wildman–Crippen MR) is 206 cm³/mol. The lowest BCUT2D eigenvalue weighted by Gasteiger charge is -2.42. The van der Waals surface area contributed by atoms with Crippen molar-refractivity contribution in [3.8, 4) is 0 Å². The first-order valence-electron chi connectivity index (χ1n) is 18.9. The van der Waals surface area contributed by atoms with E-state index in [2.05, 4.69) is 151 Å². The molecule has 0 aromatic heterocycles. The molecule has 0 bridgehead atoms. The van der Waals surface area contributed by atoms with E-state index in [1.807, 2.05) is 0 Å². The summed E-state index contributed by atoms with van der Waals surface area (Å²) in [6.45, 7) is 0. The topological polar surface area (TPSA) is 3.24 Å². The molecule has 1 heteroatoms. The van der Waals surface area contributed by atoms with E-state index < -0.39 is 0 Å². The van der Waals surface area contributed by atoms with Crippen molar-refractivity contribution >= 4 is 22.4 Å². The zero-order valence-electron chi connectivity index (χ0n) is 28.3. The highest BCUT2D eigenvalue weighted by Crippen LogP contribution is 2.54. The maximum absolute atomic E-state index is 2.79. The summed E-state index contributed by atoms with van der Waals surface area (Å²) in [5.41, 5.74) is 14.7. The lowest BCUT2D eigenvalue weighted by molar-refractivity contribution is 0.389. The highest BCUT2D eigenvalue weighted by molar-refractivity contribution is 5.84. The Labute approximate surface area is 292 Å². The third-order valence-corrected chi connectivity index (χ3v) is 12.8. The smallest absolute Gasteiger partial charge is 0.0586 e. The highest BCUT2D eigenvalue weighted by atomic mass is 15.2. The van der Waals surface area contributed by atoms with Crippen LogP contribution in [0.2, 0.25) is 0 Å².